The Bertz CT molecular complexity index is 655. The average molecular weight is 313 g/mol. The van der Waals surface area contributed by atoms with Crippen LogP contribution in [0.25, 0.3) is 0 Å². The Morgan fingerprint density at radius 1 is 1.35 bits per heavy atom. The van der Waals surface area contributed by atoms with Crippen molar-refractivity contribution in [3.8, 4) is 0 Å². The van der Waals surface area contributed by atoms with Crippen LogP contribution in [-0.4, -0.2) is 53.8 Å². The number of hydrazone groups is 1. The van der Waals surface area contributed by atoms with E-state index < -0.39 is 0 Å². The van der Waals surface area contributed by atoms with Gasteiger partial charge in [0, 0.05) is 25.5 Å². The zero-order valence-electron chi connectivity index (χ0n) is 12.7. The van der Waals surface area contributed by atoms with Gasteiger partial charge in [-0.05, 0) is 31.1 Å². The van der Waals surface area contributed by atoms with Gasteiger partial charge in [-0.1, -0.05) is 0 Å². The topological polar surface area (TPSA) is 84.4 Å². The zero-order valence-corrected chi connectivity index (χ0v) is 12.7. The van der Waals surface area contributed by atoms with Gasteiger partial charge in [0.05, 0.1) is 0 Å². The molecule has 8 nitrogen and oxygen atoms in total. The van der Waals surface area contributed by atoms with Crippen molar-refractivity contribution in [2.75, 3.05) is 19.8 Å². The zero-order chi connectivity index (χ0) is 15.6. The van der Waals surface area contributed by atoms with Crippen molar-refractivity contribution in [3.63, 3.8) is 0 Å². The van der Waals surface area contributed by atoms with Crippen molar-refractivity contribution < 1.29 is 4.79 Å². The number of carbonyl (C=O) groups is 1. The smallest absolute Gasteiger partial charge is 0.276 e. The molecule has 1 atom stereocenters. The number of rotatable bonds is 2. The number of nitrogens with one attached hydrogen (secondary N) is 3. The minimum Gasteiger partial charge on any atom is -0.365 e. The highest BCUT2D eigenvalue weighted by molar-refractivity contribution is 5.97. The van der Waals surface area contributed by atoms with E-state index in [1.54, 1.807) is 23.5 Å². The van der Waals surface area contributed by atoms with E-state index in [1.807, 2.05) is 12.2 Å². The third kappa shape index (κ3) is 2.67. The first kappa shape index (κ1) is 13.9. The summed E-state index contributed by atoms with van der Waals surface area (Å²) in [4.78, 5) is 18.8. The molecule has 0 aromatic rings. The number of carbonyl (C=O) groups excluding carboxylic acids is 1. The molecule has 4 aliphatic rings. The molecule has 4 rings (SSSR count). The molecule has 0 saturated carbocycles. The lowest BCUT2D eigenvalue weighted by Gasteiger charge is -2.28. The molecule has 3 N–H and O–H groups in total. The van der Waals surface area contributed by atoms with E-state index in [0.717, 1.165) is 18.9 Å². The van der Waals surface area contributed by atoms with Gasteiger partial charge in [0.25, 0.3) is 5.91 Å². The van der Waals surface area contributed by atoms with Gasteiger partial charge in [-0.15, -0.1) is 0 Å². The standard InChI is InChI=1S/C15H19N7O/c23-15(19-12-5-6-16-10-18-12)11-9-17-13-3-4-14(20-22(11)13)21-7-1-2-8-21/h3-6,9,13,17-18H,1-2,7-8,10H2,(H,19,23). The van der Waals surface area contributed by atoms with Crippen LogP contribution in [-0.2, 0) is 4.79 Å². The highest BCUT2D eigenvalue weighted by Crippen LogP contribution is 2.22. The van der Waals surface area contributed by atoms with Gasteiger partial charge < -0.3 is 20.9 Å². The maximum atomic E-state index is 12.5. The van der Waals surface area contributed by atoms with Crippen LogP contribution in [0.5, 0.6) is 0 Å². The highest BCUT2D eigenvalue weighted by Gasteiger charge is 2.32. The molecule has 1 unspecified atom stereocenters. The van der Waals surface area contributed by atoms with Crippen LogP contribution in [0.2, 0.25) is 0 Å². The molecule has 0 aromatic carbocycles. The van der Waals surface area contributed by atoms with Crippen LogP contribution in [0.1, 0.15) is 12.8 Å². The fraction of sp³-hybridized carbons (Fsp3) is 0.400. The molecule has 0 radical (unpaired) electrons. The average Bonchev–Trinajstić information content (AvgIpc) is 3.25. The lowest BCUT2D eigenvalue weighted by atomic mass is 10.3. The number of nitrogens with zero attached hydrogens (tertiary/aromatic N) is 4. The van der Waals surface area contributed by atoms with Gasteiger partial charge in [0.2, 0.25) is 0 Å². The number of fused-ring (bicyclic) bond motifs is 1. The number of hydrogen-bond donors (Lipinski definition) is 3. The summed E-state index contributed by atoms with van der Waals surface area (Å²) in [6.45, 7) is 2.52. The number of aliphatic imine (C=N–C) groups is 1. The molecule has 0 aliphatic carbocycles. The Kier molecular flexibility index (Phi) is 3.49. The Labute approximate surface area is 134 Å². The van der Waals surface area contributed by atoms with Crippen LogP contribution in [0.15, 0.2) is 46.0 Å². The number of amides is 1. The molecule has 1 saturated heterocycles. The summed E-state index contributed by atoms with van der Waals surface area (Å²) in [7, 11) is 0. The summed E-state index contributed by atoms with van der Waals surface area (Å²) in [6.07, 6.45) is 11.5. The normalized spacial score (nSPS) is 25.2. The SMILES string of the molecule is O=C(NC1=CC=NCN1)C1=CNC2C=CC(N3CCCC3)=NN12. The molecule has 1 fully saturated rings. The van der Waals surface area contributed by atoms with E-state index >= 15 is 0 Å². The van der Waals surface area contributed by atoms with Crippen LogP contribution in [0.4, 0.5) is 0 Å². The predicted octanol–water partition coefficient (Wildman–Crippen LogP) is -0.373. The number of likely N-dealkylation sites (tertiary alicyclic amines) is 1. The minimum absolute atomic E-state index is 0.100. The molecule has 0 aromatic heterocycles. The summed E-state index contributed by atoms with van der Waals surface area (Å²) in [5.41, 5.74) is 0.501. The first-order valence-electron chi connectivity index (χ1n) is 7.84. The van der Waals surface area contributed by atoms with Gasteiger partial charge >= 0.3 is 0 Å². The second kappa shape index (κ2) is 5.79. The first-order chi connectivity index (χ1) is 11.3. The predicted molar refractivity (Wildman–Crippen MR) is 86.9 cm³/mol. The first-order valence-corrected chi connectivity index (χ1v) is 7.84. The lowest BCUT2D eigenvalue weighted by Crippen LogP contribution is -2.42. The van der Waals surface area contributed by atoms with Crippen LogP contribution in [0, 0.1) is 0 Å². The quantitative estimate of drug-likeness (QED) is 0.648. The lowest BCUT2D eigenvalue weighted by molar-refractivity contribution is -0.118. The van der Waals surface area contributed by atoms with Crippen molar-refractivity contribution in [3.05, 3.63) is 35.9 Å². The Hall–Kier alpha value is -2.77. The van der Waals surface area contributed by atoms with E-state index in [-0.39, 0.29) is 12.1 Å². The largest absolute Gasteiger partial charge is 0.365 e. The van der Waals surface area contributed by atoms with Gasteiger partial charge in [0.1, 0.15) is 30.2 Å². The summed E-state index contributed by atoms with van der Waals surface area (Å²) in [5, 5.41) is 15.4. The van der Waals surface area contributed by atoms with Crippen LogP contribution in [0.3, 0.4) is 0 Å². The molecular formula is C15H19N7O. The molecule has 120 valence electrons. The molecule has 23 heavy (non-hydrogen) atoms. The van der Waals surface area contributed by atoms with Gasteiger partial charge in [-0.3, -0.25) is 9.79 Å². The van der Waals surface area contributed by atoms with Crippen molar-refractivity contribution in [2.24, 2.45) is 10.1 Å². The number of allylic oxidation sites excluding steroid dienone is 1. The fourth-order valence-corrected chi connectivity index (χ4v) is 2.95. The summed E-state index contributed by atoms with van der Waals surface area (Å²) in [6, 6.07) is 0. The third-order valence-electron chi connectivity index (χ3n) is 4.16. The van der Waals surface area contributed by atoms with E-state index in [2.05, 4.69) is 30.9 Å². The van der Waals surface area contributed by atoms with Gasteiger partial charge in [-0.25, -0.2) is 5.01 Å². The number of amidine groups is 1. The maximum Gasteiger partial charge on any atom is 0.276 e. The molecule has 4 heterocycles. The summed E-state index contributed by atoms with van der Waals surface area (Å²) < 4.78 is 0. The fourth-order valence-electron chi connectivity index (χ4n) is 2.95. The molecule has 0 spiro atoms. The van der Waals surface area contributed by atoms with Crippen LogP contribution >= 0.6 is 0 Å². The molecule has 8 heteroatoms. The summed E-state index contributed by atoms with van der Waals surface area (Å²) >= 11 is 0. The molecule has 4 aliphatic heterocycles. The van der Waals surface area contributed by atoms with Gasteiger partial charge in [0.15, 0.2) is 0 Å². The second-order valence-corrected chi connectivity index (χ2v) is 5.70. The van der Waals surface area contributed by atoms with E-state index in [0.29, 0.717) is 18.2 Å². The minimum atomic E-state index is -0.200. The number of hydrogen-bond acceptors (Lipinski definition) is 7. The molecule has 1 amide bonds. The highest BCUT2D eigenvalue weighted by atomic mass is 16.2. The Morgan fingerprint density at radius 3 is 3.00 bits per heavy atom. The molecular weight excluding hydrogens is 294 g/mol. The Balaban J connectivity index is 1.49. The van der Waals surface area contributed by atoms with Crippen molar-refractivity contribution in [2.45, 2.75) is 19.0 Å². The van der Waals surface area contributed by atoms with E-state index in [1.165, 1.54) is 12.8 Å². The van der Waals surface area contributed by atoms with E-state index in [4.69, 9.17) is 0 Å². The Morgan fingerprint density at radius 2 is 2.22 bits per heavy atom. The van der Waals surface area contributed by atoms with Gasteiger partial charge in [-0.2, -0.15) is 5.10 Å². The monoisotopic (exact) mass is 313 g/mol. The summed E-state index contributed by atoms with van der Waals surface area (Å²) in [5.74, 6) is 1.36. The molecule has 0 bridgehead atoms. The van der Waals surface area contributed by atoms with Crippen LogP contribution < -0.4 is 16.0 Å². The van der Waals surface area contributed by atoms with Crippen molar-refractivity contribution in [1.29, 1.82) is 0 Å². The van der Waals surface area contributed by atoms with Crippen molar-refractivity contribution >= 4 is 18.0 Å². The van der Waals surface area contributed by atoms with Crippen molar-refractivity contribution in [1.82, 2.24) is 25.9 Å². The second-order valence-electron chi connectivity index (χ2n) is 5.70. The third-order valence-corrected chi connectivity index (χ3v) is 4.16. The van der Waals surface area contributed by atoms with E-state index in [9.17, 15) is 4.79 Å². The maximum absolute atomic E-state index is 12.5.